The molecule has 0 aromatic heterocycles. The van der Waals surface area contributed by atoms with E-state index in [4.69, 9.17) is 0 Å². The molecule has 3 nitrogen and oxygen atoms in total. The molecule has 6 rings (SSSR count). The van der Waals surface area contributed by atoms with Gasteiger partial charge in [-0.15, -0.1) is 0 Å². The Morgan fingerprint density at radius 3 is 1.36 bits per heavy atom. The van der Waals surface area contributed by atoms with Crippen molar-refractivity contribution < 1.29 is 0 Å². The van der Waals surface area contributed by atoms with E-state index in [0.717, 1.165) is 13.1 Å². The number of hydrogen-bond donors (Lipinski definition) is 0. The zero-order valence-corrected chi connectivity index (χ0v) is 27.8. The van der Waals surface area contributed by atoms with Crippen LogP contribution >= 0.6 is 16.1 Å². The van der Waals surface area contributed by atoms with Crippen LogP contribution in [0.5, 0.6) is 0 Å². The maximum absolute atomic E-state index is 3.01. The highest BCUT2D eigenvalue weighted by atomic mass is 31.2. The molecule has 4 aromatic carbocycles. The highest BCUT2D eigenvalue weighted by Gasteiger charge is 2.53. The van der Waals surface area contributed by atoms with Crippen molar-refractivity contribution in [2.24, 2.45) is 0 Å². The summed E-state index contributed by atoms with van der Waals surface area (Å²) in [5, 5.41) is 8.49. The molecule has 0 N–H and O–H groups in total. The Hall–Kier alpha value is -2.38. The van der Waals surface area contributed by atoms with E-state index >= 15 is 0 Å². The fourth-order valence-electron chi connectivity index (χ4n) is 6.99. The Morgan fingerprint density at radius 1 is 0.619 bits per heavy atom. The third-order valence-electron chi connectivity index (χ3n) is 8.42. The molecule has 5 heteroatoms. The lowest BCUT2D eigenvalue weighted by Gasteiger charge is -2.44. The number of aryl methyl sites for hydroxylation is 4. The molecule has 2 aliphatic rings. The van der Waals surface area contributed by atoms with Gasteiger partial charge in [-0.05, 0) is 100 Å². The molecule has 2 heterocycles. The lowest BCUT2D eigenvalue weighted by molar-refractivity contribution is -0.0531. The number of rotatable bonds is 7. The highest BCUT2D eigenvalue weighted by molar-refractivity contribution is 7.79. The molecular formula is C37H45N3P2. The van der Waals surface area contributed by atoms with Crippen LogP contribution in [0.25, 0.3) is 0 Å². The Kier molecular flexibility index (Phi) is 8.97. The van der Waals surface area contributed by atoms with Crippen LogP contribution in [-0.4, -0.2) is 33.6 Å². The zero-order valence-electron chi connectivity index (χ0n) is 26.0. The summed E-state index contributed by atoms with van der Waals surface area (Å²) in [6, 6.07) is 37.7. The summed E-state index contributed by atoms with van der Waals surface area (Å²) < 4.78 is 3.01. The summed E-state index contributed by atoms with van der Waals surface area (Å²) in [5.41, 5.74) is 8.32. The van der Waals surface area contributed by atoms with E-state index in [1.807, 2.05) is 0 Å². The fraction of sp³-hybridized carbons (Fsp3) is 0.351. The lowest BCUT2D eigenvalue weighted by Crippen LogP contribution is -2.43. The Bertz CT molecular complexity index is 1360. The standard InChI is InChI=1S/C37H45N3P2/c1-27(2)40(41(34-23-28(3)21-29(4)24-34)35-25-30(5)22-31(6)26-35)42-36(32-15-9-7-10-16-32)38-19-13-14-20-39(38)37(42)33-17-11-8-12-18-33/h7-12,15-18,21-27,36-37H,13-14,19-20H2,1-6H3/t36-,37?,42?/m1/s1. The molecule has 42 heavy (non-hydrogen) atoms. The number of fused-ring (bicyclic) bond motifs is 1. The van der Waals surface area contributed by atoms with Gasteiger partial charge in [-0.1, -0.05) is 95.1 Å². The molecule has 0 spiro atoms. The minimum absolute atomic E-state index is 0.343. The molecule has 4 aromatic rings. The van der Waals surface area contributed by atoms with Gasteiger partial charge in [-0.2, -0.15) is 0 Å². The Labute approximate surface area is 256 Å². The van der Waals surface area contributed by atoms with Crippen molar-refractivity contribution in [3.8, 4) is 0 Å². The average molecular weight is 594 g/mol. The second-order valence-corrected chi connectivity index (χ2v) is 17.0. The third kappa shape index (κ3) is 5.88. The first kappa shape index (κ1) is 29.7. The second kappa shape index (κ2) is 12.7. The van der Waals surface area contributed by atoms with E-state index in [1.165, 1.54) is 56.8 Å². The summed E-state index contributed by atoms with van der Waals surface area (Å²) in [7, 11) is -1.47. The van der Waals surface area contributed by atoms with E-state index in [1.54, 1.807) is 0 Å². The summed E-state index contributed by atoms with van der Waals surface area (Å²) in [5.74, 6) is 0.687. The maximum atomic E-state index is 3.01. The van der Waals surface area contributed by atoms with Crippen LogP contribution in [0.15, 0.2) is 97.1 Å². The van der Waals surface area contributed by atoms with Crippen LogP contribution in [0.4, 0.5) is 0 Å². The van der Waals surface area contributed by atoms with Crippen LogP contribution in [0.3, 0.4) is 0 Å². The normalized spacial score (nSPS) is 21.4. The summed E-state index contributed by atoms with van der Waals surface area (Å²) in [6.07, 6.45) is 2.52. The molecule has 0 saturated carbocycles. The van der Waals surface area contributed by atoms with Crippen molar-refractivity contribution in [2.75, 3.05) is 13.1 Å². The molecule has 0 amide bonds. The van der Waals surface area contributed by atoms with E-state index in [2.05, 4.69) is 153 Å². The van der Waals surface area contributed by atoms with Crippen LogP contribution < -0.4 is 10.6 Å². The van der Waals surface area contributed by atoms with Gasteiger partial charge in [0.15, 0.2) is 0 Å². The summed E-state index contributed by atoms with van der Waals surface area (Å²) in [6.45, 7) is 16.2. The minimum atomic E-state index is -0.782. The van der Waals surface area contributed by atoms with Gasteiger partial charge in [0.25, 0.3) is 0 Å². The van der Waals surface area contributed by atoms with Gasteiger partial charge in [-0.25, -0.2) is 14.5 Å². The number of hydrogen-bond acceptors (Lipinski definition) is 3. The molecular weight excluding hydrogens is 548 g/mol. The fourth-order valence-corrected chi connectivity index (χ4v) is 14.8. The van der Waals surface area contributed by atoms with Gasteiger partial charge in [0.1, 0.15) is 0 Å². The van der Waals surface area contributed by atoms with Crippen molar-refractivity contribution in [3.05, 3.63) is 130 Å². The van der Waals surface area contributed by atoms with E-state index in [-0.39, 0.29) is 0 Å². The molecule has 2 fully saturated rings. The van der Waals surface area contributed by atoms with Crippen LogP contribution in [0, 0.1) is 27.7 Å². The van der Waals surface area contributed by atoms with Gasteiger partial charge < -0.3 is 0 Å². The van der Waals surface area contributed by atoms with Gasteiger partial charge in [0.2, 0.25) is 0 Å². The Balaban J connectivity index is 1.62. The highest BCUT2D eigenvalue weighted by Crippen LogP contribution is 2.76. The number of nitrogens with zero attached hydrogens (tertiary/aromatic N) is 3. The van der Waals surface area contributed by atoms with Gasteiger partial charge in [0.05, 0.1) is 11.6 Å². The summed E-state index contributed by atoms with van der Waals surface area (Å²) >= 11 is 0. The van der Waals surface area contributed by atoms with Gasteiger partial charge in [-0.3, -0.25) is 0 Å². The first-order valence-corrected chi connectivity index (χ1v) is 18.2. The van der Waals surface area contributed by atoms with Crippen molar-refractivity contribution in [3.63, 3.8) is 0 Å². The van der Waals surface area contributed by atoms with Crippen LogP contribution in [-0.2, 0) is 0 Å². The van der Waals surface area contributed by atoms with Gasteiger partial charge >= 0.3 is 0 Å². The van der Waals surface area contributed by atoms with Gasteiger partial charge in [0, 0.05) is 35.3 Å². The number of hydrazine groups is 1. The topological polar surface area (TPSA) is 9.72 Å². The minimum Gasteiger partial charge on any atom is -0.246 e. The molecule has 0 aliphatic carbocycles. The molecule has 2 saturated heterocycles. The molecule has 0 radical (unpaired) electrons. The first-order valence-electron chi connectivity index (χ1n) is 15.5. The summed E-state index contributed by atoms with van der Waals surface area (Å²) in [4.78, 5) is 0. The molecule has 218 valence electrons. The number of benzene rings is 4. The Morgan fingerprint density at radius 2 is 1.00 bits per heavy atom. The van der Waals surface area contributed by atoms with E-state index in [9.17, 15) is 0 Å². The second-order valence-electron chi connectivity index (χ2n) is 12.4. The third-order valence-corrected chi connectivity index (χ3v) is 15.0. The van der Waals surface area contributed by atoms with Crippen molar-refractivity contribution in [1.29, 1.82) is 0 Å². The van der Waals surface area contributed by atoms with E-state index in [0.29, 0.717) is 17.6 Å². The van der Waals surface area contributed by atoms with E-state index < -0.39 is 16.1 Å². The monoisotopic (exact) mass is 593 g/mol. The van der Waals surface area contributed by atoms with Crippen molar-refractivity contribution >= 4 is 26.8 Å². The SMILES string of the molecule is Cc1cc(C)cc(P(c2cc(C)cc(C)c2)N(C(C)C)P2C(c3ccccc3)N3CCCCN3[C@H]2c2ccccc2)c1. The predicted octanol–water partition coefficient (Wildman–Crippen LogP) is 9.10. The van der Waals surface area contributed by atoms with Crippen LogP contribution in [0.1, 0.15) is 71.6 Å². The molecule has 2 aliphatic heterocycles. The smallest absolute Gasteiger partial charge is 0.0847 e. The first-order chi connectivity index (χ1) is 20.3. The van der Waals surface area contributed by atoms with Crippen molar-refractivity contribution in [1.82, 2.24) is 14.5 Å². The maximum Gasteiger partial charge on any atom is 0.0847 e. The largest absolute Gasteiger partial charge is 0.246 e. The predicted molar refractivity (Wildman–Crippen MR) is 183 cm³/mol. The quantitative estimate of drug-likeness (QED) is 0.198. The molecule has 0 bridgehead atoms. The zero-order chi connectivity index (χ0) is 29.4. The molecule has 2 unspecified atom stereocenters. The lowest BCUT2D eigenvalue weighted by atomic mass is 10.1. The van der Waals surface area contributed by atoms with Crippen molar-refractivity contribution in [2.45, 2.75) is 72.0 Å². The average Bonchev–Trinajstić information content (AvgIpc) is 3.30. The molecule has 3 atom stereocenters. The van der Waals surface area contributed by atoms with Crippen LogP contribution in [0.2, 0.25) is 0 Å².